The van der Waals surface area contributed by atoms with Crippen molar-refractivity contribution in [3.8, 4) is 17.6 Å². The monoisotopic (exact) mass is 340 g/mol. The Labute approximate surface area is 144 Å². The topological polar surface area (TPSA) is 97.7 Å². The third-order valence-electron chi connectivity index (χ3n) is 3.29. The fourth-order valence-electron chi connectivity index (χ4n) is 2.13. The van der Waals surface area contributed by atoms with Gasteiger partial charge in [-0.15, -0.1) is 0 Å². The smallest absolute Gasteiger partial charge is 0.346 e. The Kier molecular flexibility index (Phi) is 5.96. The van der Waals surface area contributed by atoms with E-state index < -0.39 is 18.5 Å². The maximum atomic E-state index is 12.3. The van der Waals surface area contributed by atoms with Crippen LogP contribution in [0.25, 0.3) is 0 Å². The van der Waals surface area contributed by atoms with Crippen LogP contribution in [0.15, 0.2) is 42.5 Å². The maximum absolute atomic E-state index is 12.3. The van der Waals surface area contributed by atoms with Crippen LogP contribution >= 0.6 is 0 Å². The highest BCUT2D eigenvalue weighted by Crippen LogP contribution is 2.28. The Morgan fingerprint density at radius 2 is 1.68 bits per heavy atom. The predicted octanol–water partition coefficient (Wildman–Crippen LogP) is 2.37. The number of para-hydroxylation sites is 1. The van der Waals surface area contributed by atoms with Crippen molar-refractivity contribution in [1.82, 2.24) is 0 Å². The highest BCUT2D eigenvalue weighted by Gasteiger charge is 2.20. The normalized spacial score (nSPS) is 9.64. The number of benzene rings is 2. The van der Waals surface area contributed by atoms with Crippen LogP contribution < -0.4 is 14.8 Å². The van der Waals surface area contributed by atoms with Crippen LogP contribution in [0.5, 0.6) is 11.5 Å². The van der Waals surface area contributed by atoms with Crippen LogP contribution in [0.4, 0.5) is 5.69 Å². The van der Waals surface area contributed by atoms with Crippen molar-refractivity contribution in [2.45, 2.75) is 0 Å². The van der Waals surface area contributed by atoms with E-state index in [0.717, 1.165) is 0 Å². The van der Waals surface area contributed by atoms with Gasteiger partial charge in [0.25, 0.3) is 5.91 Å². The summed E-state index contributed by atoms with van der Waals surface area (Å²) in [5, 5.41) is 11.5. The molecule has 0 aliphatic rings. The Hall–Kier alpha value is -3.53. The van der Waals surface area contributed by atoms with Crippen LogP contribution in [-0.2, 0) is 9.53 Å². The number of nitriles is 1. The van der Waals surface area contributed by atoms with Gasteiger partial charge in [0.2, 0.25) is 0 Å². The van der Waals surface area contributed by atoms with E-state index >= 15 is 0 Å². The lowest BCUT2D eigenvalue weighted by Gasteiger charge is -2.12. The third-order valence-corrected chi connectivity index (χ3v) is 3.29. The van der Waals surface area contributed by atoms with Gasteiger partial charge < -0.3 is 19.5 Å². The van der Waals surface area contributed by atoms with Gasteiger partial charge in [-0.2, -0.15) is 5.26 Å². The first-order valence-corrected chi connectivity index (χ1v) is 7.27. The number of anilines is 1. The zero-order valence-corrected chi connectivity index (χ0v) is 13.7. The van der Waals surface area contributed by atoms with E-state index in [9.17, 15) is 9.59 Å². The van der Waals surface area contributed by atoms with Gasteiger partial charge in [-0.05, 0) is 24.3 Å². The number of hydrogen-bond donors (Lipinski definition) is 1. The summed E-state index contributed by atoms with van der Waals surface area (Å²) >= 11 is 0. The molecule has 7 nitrogen and oxygen atoms in total. The summed E-state index contributed by atoms with van der Waals surface area (Å²) in [5.74, 6) is -0.762. The average Bonchev–Trinajstić information content (AvgIpc) is 2.65. The van der Waals surface area contributed by atoms with Crippen molar-refractivity contribution in [2.24, 2.45) is 0 Å². The van der Waals surface area contributed by atoms with E-state index in [4.69, 9.17) is 19.5 Å². The van der Waals surface area contributed by atoms with Gasteiger partial charge in [-0.25, -0.2) is 4.79 Å². The molecule has 0 aliphatic heterocycles. The van der Waals surface area contributed by atoms with Crippen LogP contribution in [-0.4, -0.2) is 32.7 Å². The van der Waals surface area contributed by atoms with Crippen molar-refractivity contribution in [1.29, 1.82) is 5.26 Å². The van der Waals surface area contributed by atoms with Gasteiger partial charge in [-0.1, -0.05) is 18.2 Å². The Balaban J connectivity index is 2.05. The zero-order chi connectivity index (χ0) is 18.2. The summed E-state index contributed by atoms with van der Waals surface area (Å²) in [6.07, 6.45) is 0. The summed E-state index contributed by atoms with van der Waals surface area (Å²) in [7, 11) is 2.83. The number of hydrogen-bond acceptors (Lipinski definition) is 6. The number of esters is 1. The van der Waals surface area contributed by atoms with Gasteiger partial charge >= 0.3 is 5.97 Å². The predicted molar refractivity (Wildman–Crippen MR) is 89.6 cm³/mol. The van der Waals surface area contributed by atoms with E-state index in [-0.39, 0.29) is 17.1 Å². The molecule has 0 atom stereocenters. The molecule has 0 radical (unpaired) electrons. The molecule has 0 spiro atoms. The van der Waals surface area contributed by atoms with E-state index in [2.05, 4.69) is 5.32 Å². The van der Waals surface area contributed by atoms with Gasteiger partial charge in [0.15, 0.2) is 6.61 Å². The fraction of sp³-hybridized carbons (Fsp3) is 0.167. The number of methoxy groups -OCH3 is 2. The van der Waals surface area contributed by atoms with Crippen molar-refractivity contribution >= 4 is 17.6 Å². The van der Waals surface area contributed by atoms with E-state index in [1.807, 2.05) is 6.07 Å². The van der Waals surface area contributed by atoms with Crippen molar-refractivity contribution in [3.63, 3.8) is 0 Å². The first kappa shape index (κ1) is 17.8. The van der Waals surface area contributed by atoms with Crippen molar-refractivity contribution < 1.29 is 23.8 Å². The van der Waals surface area contributed by atoms with Crippen molar-refractivity contribution in [3.05, 3.63) is 53.6 Å². The Bertz CT molecular complexity index is 804. The fourth-order valence-corrected chi connectivity index (χ4v) is 2.13. The average molecular weight is 340 g/mol. The minimum atomic E-state index is -0.752. The Morgan fingerprint density at radius 3 is 2.28 bits per heavy atom. The number of nitrogens with one attached hydrogen (secondary N) is 1. The maximum Gasteiger partial charge on any atom is 0.346 e. The second kappa shape index (κ2) is 8.36. The van der Waals surface area contributed by atoms with Gasteiger partial charge in [0.1, 0.15) is 23.1 Å². The van der Waals surface area contributed by atoms with Crippen LogP contribution in [0.1, 0.15) is 15.9 Å². The highest BCUT2D eigenvalue weighted by molar-refractivity contribution is 5.99. The molecule has 0 aliphatic carbocycles. The molecule has 128 valence electrons. The largest absolute Gasteiger partial charge is 0.496 e. The Morgan fingerprint density at radius 1 is 1.04 bits per heavy atom. The third kappa shape index (κ3) is 4.26. The quantitative estimate of drug-likeness (QED) is 0.811. The van der Waals surface area contributed by atoms with E-state index in [1.165, 1.54) is 14.2 Å². The van der Waals surface area contributed by atoms with Crippen LogP contribution in [0.2, 0.25) is 0 Å². The molecule has 1 amide bonds. The molecule has 1 N–H and O–H groups in total. The molecule has 25 heavy (non-hydrogen) atoms. The molecule has 0 bridgehead atoms. The number of nitrogens with zero attached hydrogens (tertiary/aromatic N) is 1. The molecule has 2 aromatic rings. The number of carbonyl (C=O) groups excluding carboxylic acids is 2. The number of ether oxygens (including phenoxy) is 3. The molecule has 0 heterocycles. The van der Waals surface area contributed by atoms with Gasteiger partial charge in [0, 0.05) is 0 Å². The number of rotatable bonds is 6. The lowest BCUT2D eigenvalue weighted by molar-refractivity contribution is -0.119. The van der Waals surface area contributed by atoms with E-state index in [0.29, 0.717) is 11.3 Å². The molecule has 7 heteroatoms. The minimum absolute atomic E-state index is 0.0951. The van der Waals surface area contributed by atoms with Crippen LogP contribution in [0.3, 0.4) is 0 Å². The van der Waals surface area contributed by atoms with Crippen LogP contribution in [0, 0.1) is 11.3 Å². The summed E-state index contributed by atoms with van der Waals surface area (Å²) in [6.45, 7) is -0.514. The molecule has 0 saturated heterocycles. The highest BCUT2D eigenvalue weighted by atomic mass is 16.5. The molecular weight excluding hydrogens is 324 g/mol. The number of carbonyl (C=O) groups is 2. The van der Waals surface area contributed by atoms with Gasteiger partial charge in [0.05, 0.1) is 25.5 Å². The summed E-state index contributed by atoms with van der Waals surface area (Å²) in [5.41, 5.74) is 0.757. The molecule has 0 unspecified atom stereocenters. The summed E-state index contributed by atoms with van der Waals surface area (Å²) < 4.78 is 15.3. The summed E-state index contributed by atoms with van der Waals surface area (Å²) in [4.78, 5) is 24.2. The molecular formula is C18H16N2O5. The molecule has 2 aromatic carbocycles. The molecule has 0 saturated carbocycles. The first-order valence-electron chi connectivity index (χ1n) is 7.27. The zero-order valence-electron chi connectivity index (χ0n) is 13.7. The van der Waals surface area contributed by atoms with Gasteiger partial charge in [-0.3, -0.25) is 4.79 Å². The first-order chi connectivity index (χ1) is 12.1. The molecule has 0 fully saturated rings. The molecule has 2 rings (SSSR count). The van der Waals surface area contributed by atoms with E-state index in [1.54, 1.807) is 42.5 Å². The SMILES string of the molecule is COc1cccc(OC)c1C(=O)OCC(=O)Nc1ccccc1C#N. The lowest BCUT2D eigenvalue weighted by Crippen LogP contribution is -2.21. The standard InChI is InChI=1S/C18H16N2O5/c1-23-14-8-5-9-15(24-2)17(14)18(22)25-11-16(21)20-13-7-4-3-6-12(13)10-19/h3-9H,11H2,1-2H3,(H,20,21). The molecule has 0 aromatic heterocycles. The second-order valence-electron chi connectivity index (χ2n) is 4.82. The lowest BCUT2D eigenvalue weighted by atomic mass is 10.2. The summed E-state index contributed by atoms with van der Waals surface area (Å²) in [6, 6.07) is 13.3. The van der Waals surface area contributed by atoms with Crippen molar-refractivity contribution in [2.75, 3.05) is 26.1 Å². The minimum Gasteiger partial charge on any atom is -0.496 e. The second-order valence-corrected chi connectivity index (χ2v) is 4.82. The number of amides is 1.